The summed E-state index contributed by atoms with van der Waals surface area (Å²) >= 11 is 0. The summed E-state index contributed by atoms with van der Waals surface area (Å²) in [5, 5.41) is 9.46. The van der Waals surface area contributed by atoms with E-state index in [1.54, 1.807) is 7.11 Å². The Morgan fingerprint density at radius 2 is 1.82 bits per heavy atom. The average molecular weight is 255 g/mol. The third-order valence-corrected chi connectivity index (χ3v) is 3.28. The topological polar surface area (TPSA) is 32.7 Å². The summed E-state index contributed by atoms with van der Waals surface area (Å²) in [6, 6.07) is 0. The first-order valence-electron chi connectivity index (χ1n) is 5.89. The second-order valence-corrected chi connectivity index (χ2v) is 4.57. The third-order valence-electron chi connectivity index (χ3n) is 3.28. The smallest absolute Gasteiger partial charge is 0.385 e. The van der Waals surface area contributed by atoms with Crippen LogP contribution in [0.15, 0.2) is 0 Å². The van der Waals surface area contributed by atoms with Gasteiger partial charge in [0.25, 0.3) is 0 Å². The van der Waals surface area contributed by atoms with E-state index in [0.717, 1.165) is 19.4 Å². The molecule has 3 nitrogen and oxygen atoms in total. The lowest BCUT2D eigenvalue weighted by atomic mass is 9.91. The number of alkyl halides is 3. The zero-order valence-corrected chi connectivity index (χ0v) is 10.1. The fourth-order valence-electron chi connectivity index (χ4n) is 2.01. The Bertz CT molecular complexity index is 225. The third kappa shape index (κ3) is 4.12. The van der Waals surface area contributed by atoms with Crippen LogP contribution in [0.25, 0.3) is 0 Å². The monoisotopic (exact) mass is 255 g/mol. The van der Waals surface area contributed by atoms with Crippen molar-refractivity contribution in [2.24, 2.45) is 0 Å². The molecule has 0 aliphatic carbocycles. The quantitative estimate of drug-likeness (QED) is 0.760. The van der Waals surface area contributed by atoms with Crippen molar-refractivity contribution in [3.8, 4) is 0 Å². The molecule has 1 heterocycles. The molecule has 1 aliphatic heterocycles. The number of hydrogen-bond acceptors (Lipinski definition) is 3. The normalized spacial score (nSPS) is 21.7. The summed E-state index contributed by atoms with van der Waals surface area (Å²) in [6.45, 7) is 2.07. The predicted molar refractivity (Wildman–Crippen MR) is 57.8 cm³/mol. The van der Waals surface area contributed by atoms with Gasteiger partial charge in [-0.05, 0) is 32.2 Å². The molecule has 0 unspecified atom stereocenters. The molecule has 6 heteroatoms. The molecule has 17 heavy (non-hydrogen) atoms. The van der Waals surface area contributed by atoms with Gasteiger partial charge in [-0.2, -0.15) is 13.2 Å². The molecule has 1 rings (SSSR count). The van der Waals surface area contributed by atoms with E-state index in [1.165, 1.54) is 0 Å². The highest BCUT2D eigenvalue weighted by Crippen LogP contribution is 2.38. The molecule has 0 spiro atoms. The first-order chi connectivity index (χ1) is 7.89. The Kier molecular flexibility index (Phi) is 5.22. The van der Waals surface area contributed by atoms with Crippen LogP contribution in [0, 0.1) is 0 Å². The number of hydrogen-bond donors (Lipinski definition) is 1. The number of unbranched alkanes of at least 4 members (excludes halogenated alkanes) is 1. The summed E-state index contributed by atoms with van der Waals surface area (Å²) in [4.78, 5) is 1.97. The van der Waals surface area contributed by atoms with Gasteiger partial charge in [0.05, 0.1) is 0 Å². The van der Waals surface area contributed by atoms with Gasteiger partial charge in [0.2, 0.25) is 0 Å². The minimum absolute atomic E-state index is 0.221. The van der Waals surface area contributed by atoms with Gasteiger partial charge in [0.1, 0.15) is 0 Å². The molecule has 0 bridgehead atoms. The molecule has 0 aromatic heterocycles. The van der Waals surface area contributed by atoms with E-state index in [0.29, 0.717) is 19.7 Å². The summed E-state index contributed by atoms with van der Waals surface area (Å²) < 4.78 is 42.5. The predicted octanol–water partition coefficient (Wildman–Crippen LogP) is 1.80. The number of nitrogens with zero attached hydrogens (tertiary/aromatic N) is 1. The number of aliphatic hydroxyl groups is 1. The maximum atomic E-state index is 12.5. The van der Waals surface area contributed by atoms with Gasteiger partial charge in [-0.3, -0.25) is 0 Å². The maximum Gasteiger partial charge on any atom is 0.417 e. The first-order valence-corrected chi connectivity index (χ1v) is 5.89. The van der Waals surface area contributed by atoms with Crippen LogP contribution < -0.4 is 0 Å². The lowest BCUT2D eigenvalue weighted by Gasteiger charge is -2.39. The molecule has 0 atom stereocenters. The highest BCUT2D eigenvalue weighted by Gasteiger charge is 2.54. The Balaban J connectivity index is 2.26. The van der Waals surface area contributed by atoms with Crippen molar-refractivity contribution >= 4 is 0 Å². The average Bonchev–Trinajstić information content (AvgIpc) is 2.25. The van der Waals surface area contributed by atoms with Crippen molar-refractivity contribution in [3.63, 3.8) is 0 Å². The van der Waals surface area contributed by atoms with Gasteiger partial charge in [-0.25, -0.2) is 0 Å². The van der Waals surface area contributed by atoms with Crippen LogP contribution in [0.5, 0.6) is 0 Å². The fourth-order valence-corrected chi connectivity index (χ4v) is 2.01. The van der Waals surface area contributed by atoms with E-state index in [9.17, 15) is 18.3 Å². The number of likely N-dealkylation sites (tertiary alicyclic amines) is 1. The molecule has 1 saturated heterocycles. The molecule has 0 saturated carbocycles. The van der Waals surface area contributed by atoms with Crippen LogP contribution in [-0.2, 0) is 4.74 Å². The summed E-state index contributed by atoms with van der Waals surface area (Å²) in [7, 11) is 1.63. The first kappa shape index (κ1) is 14.7. The van der Waals surface area contributed by atoms with Crippen molar-refractivity contribution < 1.29 is 23.0 Å². The maximum absolute atomic E-state index is 12.5. The van der Waals surface area contributed by atoms with E-state index >= 15 is 0 Å². The summed E-state index contributed by atoms with van der Waals surface area (Å²) in [5.74, 6) is 0. The number of rotatable bonds is 5. The van der Waals surface area contributed by atoms with E-state index < -0.39 is 11.8 Å². The number of methoxy groups -OCH3 is 1. The highest BCUT2D eigenvalue weighted by atomic mass is 19.4. The van der Waals surface area contributed by atoms with E-state index in [4.69, 9.17) is 4.74 Å². The van der Waals surface area contributed by atoms with Gasteiger partial charge in [-0.15, -0.1) is 0 Å². The van der Waals surface area contributed by atoms with Gasteiger partial charge in [0, 0.05) is 26.8 Å². The van der Waals surface area contributed by atoms with Crippen molar-refractivity contribution in [2.45, 2.75) is 37.5 Å². The molecule has 0 amide bonds. The zero-order valence-electron chi connectivity index (χ0n) is 10.1. The van der Waals surface area contributed by atoms with Crippen LogP contribution in [-0.4, -0.2) is 55.1 Å². The van der Waals surface area contributed by atoms with Crippen molar-refractivity contribution in [1.29, 1.82) is 0 Å². The van der Waals surface area contributed by atoms with E-state index in [2.05, 4.69) is 0 Å². The van der Waals surface area contributed by atoms with Crippen LogP contribution in [0.1, 0.15) is 25.7 Å². The van der Waals surface area contributed by atoms with Gasteiger partial charge in [-0.1, -0.05) is 0 Å². The van der Waals surface area contributed by atoms with E-state index in [-0.39, 0.29) is 12.8 Å². The number of piperidine rings is 1. The largest absolute Gasteiger partial charge is 0.417 e. The minimum atomic E-state index is -4.50. The lowest BCUT2D eigenvalue weighted by Crippen LogP contribution is -2.53. The van der Waals surface area contributed by atoms with Gasteiger partial charge < -0.3 is 14.7 Å². The van der Waals surface area contributed by atoms with Crippen LogP contribution >= 0.6 is 0 Å². The Hall–Kier alpha value is -0.330. The van der Waals surface area contributed by atoms with E-state index in [1.807, 2.05) is 4.90 Å². The second-order valence-electron chi connectivity index (χ2n) is 4.57. The van der Waals surface area contributed by atoms with Crippen molar-refractivity contribution in [3.05, 3.63) is 0 Å². The molecular formula is C11H20F3NO2. The van der Waals surface area contributed by atoms with Gasteiger partial charge in [0.15, 0.2) is 5.60 Å². The molecule has 1 N–H and O–H groups in total. The molecular weight excluding hydrogens is 235 g/mol. The Labute approximate surface area is 99.5 Å². The molecule has 0 radical (unpaired) electrons. The molecule has 102 valence electrons. The summed E-state index contributed by atoms with van der Waals surface area (Å²) in [5.41, 5.74) is -2.48. The van der Waals surface area contributed by atoms with Crippen molar-refractivity contribution in [1.82, 2.24) is 4.90 Å². The molecule has 1 aliphatic rings. The zero-order chi connectivity index (χ0) is 12.9. The Morgan fingerprint density at radius 1 is 1.24 bits per heavy atom. The second kappa shape index (κ2) is 6.02. The molecule has 0 aromatic carbocycles. The number of halogens is 3. The van der Waals surface area contributed by atoms with Crippen LogP contribution in [0.4, 0.5) is 13.2 Å². The Morgan fingerprint density at radius 3 is 2.29 bits per heavy atom. The number of ether oxygens (including phenoxy) is 1. The fraction of sp³-hybridized carbons (Fsp3) is 1.00. The highest BCUT2D eigenvalue weighted by molar-refractivity contribution is 4.91. The molecule has 1 fully saturated rings. The lowest BCUT2D eigenvalue weighted by molar-refractivity contribution is -0.272. The van der Waals surface area contributed by atoms with Crippen LogP contribution in [0.2, 0.25) is 0 Å². The SMILES string of the molecule is COCCCCN1CCC(O)(C(F)(F)F)CC1. The van der Waals surface area contributed by atoms with Crippen molar-refractivity contribution in [2.75, 3.05) is 33.4 Å². The molecule has 0 aromatic rings. The van der Waals surface area contributed by atoms with Gasteiger partial charge >= 0.3 is 6.18 Å². The minimum Gasteiger partial charge on any atom is -0.385 e. The summed E-state index contributed by atoms with van der Waals surface area (Å²) in [6.07, 6.45) is -3.12. The standard InChI is InChI=1S/C11H20F3NO2/c1-17-9-3-2-6-15-7-4-10(16,5-8-15)11(12,13)14/h16H,2-9H2,1H3. The van der Waals surface area contributed by atoms with Crippen LogP contribution in [0.3, 0.4) is 0 Å².